The summed E-state index contributed by atoms with van der Waals surface area (Å²) in [5.74, 6) is 1.08. The van der Waals surface area contributed by atoms with Gasteiger partial charge in [0, 0.05) is 37.3 Å². The molecule has 0 aliphatic carbocycles. The molecule has 19 heavy (non-hydrogen) atoms. The van der Waals surface area contributed by atoms with Crippen molar-refractivity contribution >= 4 is 22.3 Å². The van der Waals surface area contributed by atoms with E-state index in [0.29, 0.717) is 0 Å². The average molecular weight is 274 g/mol. The van der Waals surface area contributed by atoms with Crippen molar-refractivity contribution < 1.29 is 0 Å². The lowest BCUT2D eigenvalue weighted by molar-refractivity contribution is 0.646. The standard InChI is InChI=1S/C14H18N4S/c1-11-12(2)19-14(16-11)18-9-7-17(8-10-18)13-5-3-4-6-15-13/h3-6H,7-10H2,1-2H3. The third kappa shape index (κ3) is 2.56. The highest BCUT2D eigenvalue weighted by Gasteiger charge is 2.20. The lowest BCUT2D eigenvalue weighted by atomic mass is 10.3. The summed E-state index contributed by atoms with van der Waals surface area (Å²) in [6.45, 7) is 8.27. The molecule has 0 spiro atoms. The summed E-state index contributed by atoms with van der Waals surface area (Å²) < 4.78 is 0. The van der Waals surface area contributed by atoms with Gasteiger partial charge in [0.2, 0.25) is 0 Å². The van der Waals surface area contributed by atoms with Gasteiger partial charge in [-0.3, -0.25) is 0 Å². The molecule has 1 aliphatic rings. The van der Waals surface area contributed by atoms with Crippen LogP contribution < -0.4 is 9.80 Å². The van der Waals surface area contributed by atoms with E-state index < -0.39 is 0 Å². The Balaban J connectivity index is 1.66. The Hall–Kier alpha value is -1.62. The quantitative estimate of drug-likeness (QED) is 0.842. The molecule has 3 heterocycles. The molecule has 2 aromatic rings. The highest BCUT2D eigenvalue weighted by molar-refractivity contribution is 7.15. The van der Waals surface area contributed by atoms with Gasteiger partial charge in [-0.2, -0.15) is 0 Å². The first-order chi connectivity index (χ1) is 9.24. The lowest BCUT2D eigenvalue weighted by Gasteiger charge is -2.35. The van der Waals surface area contributed by atoms with E-state index in [1.54, 1.807) is 11.3 Å². The van der Waals surface area contributed by atoms with Crippen LogP contribution in [0.2, 0.25) is 0 Å². The summed E-state index contributed by atoms with van der Waals surface area (Å²) >= 11 is 1.80. The molecule has 4 nitrogen and oxygen atoms in total. The van der Waals surface area contributed by atoms with Crippen molar-refractivity contribution in [3.8, 4) is 0 Å². The van der Waals surface area contributed by atoms with E-state index in [9.17, 15) is 0 Å². The summed E-state index contributed by atoms with van der Waals surface area (Å²) in [6, 6.07) is 6.08. The predicted molar refractivity (Wildman–Crippen MR) is 80.3 cm³/mol. The Morgan fingerprint density at radius 3 is 2.37 bits per heavy atom. The number of thiazole rings is 1. The van der Waals surface area contributed by atoms with Gasteiger partial charge in [0.15, 0.2) is 5.13 Å². The van der Waals surface area contributed by atoms with Crippen LogP contribution in [0.5, 0.6) is 0 Å². The van der Waals surface area contributed by atoms with Crippen molar-refractivity contribution in [3.63, 3.8) is 0 Å². The van der Waals surface area contributed by atoms with Gasteiger partial charge in [0.05, 0.1) is 5.69 Å². The van der Waals surface area contributed by atoms with Crippen LogP contribution >= 0.6 is 11.3 Å². The van der Waals surface area contributed by atoms with Crippen LogP contribution in [-0.4, -0.2) is 36.1 Å². The Morgan fingerprint density at radius 2 is 1.79 bits per heavy atom. The minimum atomic E-state index is 1.01. The fourth-order valence-corrected chi connectivity index (χ4v) is 3.22. The van der Waals surface area contributed by atoms with Gasteiger partial charge in [0.1, 0.15) is 5.82 Å². The average Bonchev–Trinajstić information content (AvgIpc) is 2.80. The van der Waals surface area contributed by atoms with Crippen molar-refractivity contribution in [2.45, 2.75) is 13.8 Å². The van der Waals surface area contributed by atoms with E-state index in [2.05, 4.69) is 39.7 Å². The summed E-state index contributed by atoms with van der Waals surface area (Å²) in [7, 11) is 0. The molecule has 3 rings (SSSR count). The number of rotatable bonds is 2. The Morgan fingerprint density at radius 1 is 1.05 bits per heavy atom. The van der Waals surface area contributed by atoms with E-state index in [0.717, 1.165) is 42.8 Å². The highest BCUT2D eigenvalue weighted by Crippen LogP contribution is 2.26. The van der Waals surface area contributed by atoms with Crippen LogP contribution in [0, 0.1) is 13.8 Å². The van der Waals surface area contributed by atoms with Gasteiger partial charge in [-0.1, -0.05) is 6.07 Å². The highest BCUT2D eigenvalue weighted by atomic mass is 32.1. The summed E-state index contributed by atoms with van der Waals surface area (Å²) in [5.41, 5.74) is 1.16. The van der Waals surface area contributed by atoms with Crippen molar-refractivity contribution in [2.75, 3.05) is 36.0 Å². The molecule has 0 atom stereocenters. The molecule has 1 fully saturated rings. The zero-order valence-electron chi connectivity index (χ0n) is 11.3. The molecule has 5 heteroatoms. The van der Waals surface area contributed by atoms with E-state index in [1.165, 1.54) is 4.88 Å². The molecule has 0 saturated carbocycles. The Labute approximate surface area is 117 Å². The first-order valence-corrected chi connectivity index (χ1v) is 7.40. The minimum absolute atomic E-state index is 1.01. The number of hydrogen-bond acceptors (Lipinski definition) is 5. The topological polar surface area (TPSA) is 32.3 Å². The first kappa shape index (κ1) is 12.4. The molecule has 0 amide bonds. The maximum atomic E-state index is 4.64. The molecule has 0 aromatic carbocycles. The number of aryl methyl sites for hydroxylation is 2. The van der Waals surface area contributed by atoms with Crippen LogP contribution in [-0.2, 0) is 0 Å². The van der Waals surface area contributed by atoms with Crippen LogP contribution in [0.25, 0.3) is 0 Å². The maximum absolute atomic E-state index is 4.64. The van der Waals surface area contributed by atoms with Crippen LogP contribution in [0.1, 0.15) is 10.6 Å². The monoisotopic (exact) mass is 274 g/mol. The van der Waals surface area contributed by atoms with E-state index >= 15 is 0 Å². The molecular formula is C14H18N4S. The molecule has 1 saturated heterocycles. The second-order valence-electron chi connectivity index (χ2n) is 4.80. The molecule has 0 bridgehead atoms. The fourth-order valence-electron chi connectivity index (χ4n) is 2.26. The van der Waals surface area contributed by atoms with Gasteiger partial charge in [-0.25, -0.2) is 9.97 Å². The Bertz CT molecular complexity index is 524. The second-order valence-corrected chi connectivity index (χ2v) is 5.98. The number of pyridine rings is 1. The SMILES string of the molecule is Cc1nc(N2CCN(c3ccccn3)CC2)sc1C. The van der Waals surface area contributed by atoms with Gasteiger partial charge in [0.25, 0.3) is 0 Å². The first-order valence-electron chi connectivity index (χ1n) is 6.59. The smallest absolute Gasteiger partial charge is 0.185 e. The van der Waals surface area contributed by atoms with Gasteiger partial charge < -0.3 is 9.80 Å². The summed E-state index contributed by atoms with van der Waals surface area (Å²) in [4.78, 5) is 15.1. The van der Waals surface area contributed by atoms with E-state index in [-0.39, 0.29) is 0 Å². The lowest BCUT2D eigenvalue weighted by Crippen LogP contribution is -2.46. The third-order valence-electron chi connectivity index (χ3n) is 3.54. The zero-order valence-corrected chi connectivity index (χ0v) is 12.2. The number of nitrogens with zero attached hydrogens (tertiary/aromatic N) is 4. The van der Waals surface area contributed by atoms with Gasteiger partial charge in [-0.05, 0) is 26.0 Å². The van der Waals surface area contributed by atoms with Crippen molar-refractivity contribution in [3.05, 3.63) is 35.0 Å². The van der Waals surface area contributed by atoms with E-state index in [1.807, 2.05) is 18.3 Å². The largest absolute Gasteiger partial charge is 0.353 e. The maximum Gasteiger partial charge on any atom is 0.185 e. The molecule has 2 aromatic heterocycles. The van der Waals surface area contributed by atoms with Crippen molar-refractivity contribution in [2.24, 2.45) is 0 Å². The van der Waals surface area contributed by atoms with Crippen LogP contribution in [0.4, 0.5) is 10.9 Å². The Kier molecular flexibility index (Phi) is 3.38. The number of anilines is 2. The summed E-state index contributed by atoms with van der Waals surface area (Å²) in [6.07, 6.45) is 1.86. The molecule has 100 valence electrons. The van der Waals surface area contributed by atoms with Crippen LogP contribution in [0.15, 0.2) is 24.4 Å². The van der Waals surface area contributed by atoms with Gasteiger partial charge >= 0.3 is 0 Å². The van der Waals surface area contributed by atoms with Crippen molar-refractivity contribution in [1.29, 1.82) is 0 Å². The fraction of sp³-hybridized carbons (Fsp3) is 0.429. The minimum Gasteiger partial charge on any atom is -0.353 e. The summed E-state index contributed by atoms with van der Waals surface area (Å²) in [5, 5.41) is 1.16. The number of piperazine rings is 1. The predicted octanol–water partition coefficient (Wildman–Crippen LogP) is 2.48. The zero-order chi connectivity index (χ0) is 13.2. The van der Waals surface area contributed by atoms with Crippen molar-refractivity contribution in [1.82, 2.24) is 9.97 Å². The van der Waals surface area contributed by atoms with E-state index in [4.69, 9.17) is 0 Å². The molecule has 0 radical (unpaired) electrons. The second kappa shape index (κ2) is 5.17. The molecule has 0 unspecified atom stereocenters. The normalized spacial score (nSPS) is 15.9. The molecule has 1 aliphatic heterocycles. The number of hydrogen-bond donors (Lipinski definition) is 0. The van der Waals surface area contributed by atoms with Crippen LogP contribution in [0.3, 0.4) is 0 Å². The number of aromatic nitrogens is 2. The molecule has 0 N–H and O–H groups in total. The molecular weight excluding hydrogens is 256 g/mol. The van der Waals surface area contributed by atoms with Gasteiger partial charge in [-0.15, -0.1) is 11.3 Å². The third-order valence-corrected chi connectivity index (χ3v) is 4.67.